The number of hydrogen-bond acceptors (Lipinski definition) is 2. The minimum Gasteiger partial charge on any atom is -0.297 e. The van der Waals surface area contributed by atoms with E-state index < -0.39 is 23.0 Å². The van der Waals surface area contributed by atoms with Crippen LogP contribution in [0.15, 0.2) is 32.3 Å². The van der Waals surface area contributed by atoms with Gasteiger partial charge < -0.3 is 0 Å². The molecule has 1 N–H and O–H groups in total. The fourth-order valence-electron chi connectivity index (χ4n) is 1.70. The highest BCUT2D eigenvalue weighted by atomic mass is 79.9. The summed E-state index contributed by atoms with van der Waals surface area (Å²) in [7, 11) is 0. The summed E-state index contributed by atoms with van der Waals surface area (Å²) in [6.07, 6.45) is -4.60. The largest absolute Gasteiger partial charge is 0.416 e. The van der Waals surface area contributed by atoms with E-state index in [2.05, 4.69) is 20.9 Å². The minimum atomic E-state index is -4.60. The normalized spacial score (nSPS) is 11.7. The summed E-state index contributed by atoms with van der Waals surface area (Å²) in [5, 5.41) is -0.146. The Hall–Kier alpha value is -1.54. The van der Waals surface area contributed by atoms with Gasteiger partial charge in [-0.1, -0.05) is 27.5 Å². The van der Waals surface area contributed by atoms with Crippen LogP contribution in [0.5, 0.6) is 0 Å². The predicted octanol–water partition coefficient (Wildman–Crippen LogP) is 3.27. The molecule has 2 rings (SSSR count). The lowest BCUT2D eigenvalue weighted by Gasteiger charge is -2.11. The first-order valence-corrected chi connectivity index (χ1v) is 6.68. The number of nitrogens with one attached hydrogen (secondary N) is 1. The molecule has 9 heteroatoms. The molecule has 0 amide bonds. The number of nitrogens with zero attached hydrogens (tertiary/aromatic N) is 1. The molecule has 112 valence electrons. The lowest BCUT2D eigenvalue weighted by Crippen LogP contribution is -2.35. The van der Waals surface area contributed by atoms with Gasteiger partial charge in [0, 0.05) is 4.47 Å². The number of aromatic amines is 1. The monoisotopic (exact) mass is 382 g/mol. The maximum Gasteiger partial charge on any atom is 0.416 e. The Kier molecular flexibility index (Phi) is 4.03. The van der Waals surface area contributed by atoms with Crippen LogP contribution in [0.2, 0.25) is 5.15 Å². The van der Waals surface area contributed by atoms with Crippen molar-refractivity contribution in [2.24, 2.45) is 0 Å². The van der Waals surface area contributed by atoms with Gasteiger partial charge >= 0.3 is 11.9 Å². The Morgan fingerprint density at radius 2 is 1.86 bits per heavy atom. The Morgan fingerprint density at radius 3 is 2.43 bits per heavy atom. The van der Waals surface area contributed by atoms with E-state index in [1.807, 2.05) is 0 Å². The predicted molar refractivity (Wildman–Crippen MR) is 75.1 cm³/mol. The second-order valence-corrected chi connectivity index (χ2v) is 5.50. The molecule has 2 aromatic rings. The van der Waals surface area contributed by atoms with Gasteiger partial charge in [0.05, 0.1) is 16.8 Å². The number of alkyl halides is 3. The maximum absolute atomic E-state index is 12.8. The van der Waals surface area contributed by atoms with Crippen molar-refractivity contribution >= 4 is 27.5 Å². The Balaban J connectivity index is 2.81. The van der Waals surface area contributed by atoms with Crippen molar-refractivity contribution in [2.75, 3.05) is 0 Å². The number of rotatable bonds is 1. The Bertz CT molecular complexity index is 827. The van der Waals surface area contributed by atoms with E-state index in [1.165, 1.54) is 13.0 Å². The van der Waals surface area contributed by atoms with Crippen LogP contribution in [0.25, 0.3) is 5.69 Å². The van der Waals surface area contributed by atoms with Crippen LogP contribution >= 0.6 is 27.5 Å². The third-order valence-corrected chi connectivity index (χ3v) is 3.58. The fraction of sp³-hybridized carbons (Fsp3) is 0.167. The molecule has 0 saturated carbocycles. The van der Waals surface area contributed by atoms with Gasteiger partial charge in [-0.05, 0) is 25.1 Å². The summed E-state index contributed by atoms with van der Waals surface area (Å²) < 4.78 is 39.1. The zero-order chi connectivity index (χ0) is 15.9. The average molecular weight is 384 g/mol. The lowest BCUT2D eigenvalue weighted by atomic mass is 10.2. The molecule has 0 radical (unpaired) electrons. The molecule has 0 aliphatic carbocycles. The van der Waals surface area contributed by atoms with Crippen molar-refractivity contribution in [3.63, 3.8) is 0 Å². The Morgan fingerprint density at radius 1 is 1.24 bits per heavy atom. The van der Waals surface area contributed by atoms with Crippen LogP contribution in [0, 0.1) is 6.92 Å². The van der Waals surface area contributed by atoms with Gasteiger partial charge in [0.15, 0.2) is 0 Å². The van der Waals surface area contributed by atoms with Crippen LogP contribution in [-0.4, -0.2) is 9.55 Å². The van der Waals surface area contributed by atoms with Crippen molar-refractivity contribution in [1.82, 2.24) is 9.55 Å². The highest BCUT2D eigenvalue weighted by Gasteiger charge is 2.31. The first-order valence-electron chi connectivity index (χ1n) is 5.51. The summed E-state index contributed by atoms with van der Waals surface area (Å²) in [6.45, 7) is 1.36. The molecule has 0 aliphatic rings. The van der Waals surface area contributed by atoms with Gasteiger partial charge in [-0.15, -0.1) is 0 Å². The SMILES string of the molecule is Cc1c(Cl)[nH]c(=O)n(-c2cc(Br)cc(C(F)(F)F)c2)c1=O. The van der Waals surface area contributed by atoms with Crippen molar-refractivity contribution in [3.05, 3.63) is 59.8 Å². The first kappa shape index (κ1) is 15.8. The van der Waals surface area contributed by atoms with E-state index in [0.717, 1.165) is 12.1 Å². The second kappa shape index (κ2) is 5.34. The van der Waals surface area contributed by atoms with E-state index in [1.54, 1.807) is 0 Å². The third kappa shape index (κ3) is 3.06. The second-order valence-electron chi connectivity index (χ2n) is 4.21. The smallest absolute Gasteiger partial charge is 0.297 e. The quantitative estimate of drug-likeness (QED) is 0.769. The lowest BCUT2D eigenvalue weighted by molar-refractivity contribution is -0.137. The summed E-state index contributed by atoms with van der Waals surface area (Å²) in [4.78, 5) is 26.1. The molecule has 0 atom stereocenters. The maximum atomic E-state index is 12.8. The highest BCUT2D eigenvalue weighted by molar-refractivity contribution is 9.10. The zero-order valence-electron chi connectivity index (χ0n) is 10.4. The summed E-state index contributed by atoms with van der Waals surface area (Å²) in [5.41, 5.74) is -2.85. The number of halogens is 5. The average Bonchev–Trinajstić information content (AvgIpc) is 2.34. The molecular formula is C12H7BrClF3N2O2. The van der Waals surface area contributed by atoms with E-state index >= 15 is 0 Å². The van der Waals surface area contributed by atoms with E-state index in [-0.39, 0.29) is 20.9 Å². The number of H-pyrrole nitrogens is 1. The molecule has 0 saturated heterocycles. The molecule has 1 heterocycles. The molecule has 4 nitrogen and oxygen atoms in total. The first-order chi connectivity index (χ1) is 9.61. The van der Waals surface area contributed by atoms with Crippen LogP contribution in [0.1, 0.15) is 11.1 Å². The van der Waals surface area contributed by atoms with Crippen molar-refractivity contribution in [2.45, 2.75) is 13.1 Å². The van der Waals surface area contributed by atoms with Crippen molar-refractivity contribution in [3.8, 4) is 5.69 Å². The number of hydrogen-bond donors (Lipinski definition) is 1. The molecular weight excluding hydrogens is 376 g/mol. The van der Waals surface area contributed by atoms with E-state index in [9.17, 15) is 22.8 Å². The summed E-state index contributed by atoms with van der Waals surface area (Å²) in [5.74, 6) is 0. The molecule has 0 fully saturated rings. The molecule has 1 aromatic carbocycles. The van der Waals surface area contributed by atoms with Crippen LogP contribution in [0.3, 0.4) is 0 Å². The van der Waals surface area contributed by atoms with Crippen molar-refractivity contribution in [1.29, 1.82) is 0 Å². The van der Waals surface area contributed by atoms with Gasteiger partial charge in [-0.2, -0.15) is 13.2 Å². The number of benzene rings is 1. The van der Waals surface area contributed by atoms with Crippen LogP contribution in [-0.2, 0) is 6.18 Å². The number of aromatic nitrogens is 2. The molecule has 0 unspecified atom stereocenters. The zero-order valence-corrected chi connectivity index (χ0v) is 12.7. The highest BCUT2D eigenvalue weighted by Crippen LogP contribution is 2.32. The molecule has 21 heavy (non-hydrogen) atoms. The topological polar surface area (TPSA) is 54.9 Å². The van der Waals surface area contributed by atoms with Gasteiger partial charge in [-0.25, -0.2) is 9.36 Å². The van der Waals surface area contributed by atoms with E-state index in [0.29, 0.717) is 4.57 Å². The molecule has 0 bridgehead atoms. The van der Waals surface area contributed by atoms with Gasteiger partial charge in [0.1, 0.15) is 5.15 Å². The van der Waals surface area contributed by atoms with Crippen LogP contribution in [0.4, 0.5) is 13.2 Å². The van der Waals surface area contributed by atoms with Gasteiger partial charge in [0.25, 0.3) is 5.56 Å². The van der Waals surface area contributed by atoms with E-state index in [4.69, 9.17) is 11.6 Å². The molecule has 0 aliphatic heterocycles. The minimum absolute atomic E-state index is 0.0322. The molecule has 0 spiro atoms. The van der Waals surface area contributed by atoms with Gasteiger partial charge in [-0.3, -0.25) is 9.78 Å². The summed E-state index contributed by atoms with van der Waals surface area (Å²) >= 11 is 8.59. The van der Waals surface area contributed by atoms with Crippen molar-refractivity contribution < 1.29 is 13.2 Å². The fourth-order valence-corrected chi connectivity index (χ4v) is 2.34. The van der Waals surface area contributed by atoms with Crippen LogP contribution < -0.4 is 11.2 Å². The standard InChI is InChI=1S/C12H7BrClF3N2O2/c1-5-9(14)18-11(21)19(10(5)20)8-3-6(12(15,16)17)2-7(13)4-8/h2-4H,1H3,(H,18,21). The van der Waals surface area contributed by atoms with Gasteiger partial charge in [0.2, 0.25) is 0 Å². The third-order valence-electron chi connectivity index (χ3n) is 2.74. The Labute approximate surface area is 129 Å². The summed E-state index contributed by atoms with van der Waals surface area (Å²) in [6, 6.07) is 2.81. The molecule has 1 aromatic heterocycles.